The molecule has 0 saturated heterocycles. The highest BCUT2D eigenvalue weighted by Crippen LogP contribution is 2.41. The number of nitrogens with zero attached hydrogens (tertiary/aromatic N) is 2. The van der Waals surface area contributed by atoms with Crippen molar-refractivity contribution in [2.45, 2.75) is 38.7 Å². The van der Waals surface area contributed by atoms with Gasteiger partial charge in [0.25, 0.3) is 0 Å². The Bertz CT molecular complexity index is 615. The molecule has 0 bridgehead atoms. The quantitative estimate of drug-likeness (QED) is 0.917. The number of aliphatic hydroxyl groups is 1. The van der Waals surface area contributed by atoms with E-state index in [0.717, 1.165) is 29.8 Å². The van der Waals surface area contributed by atoms with Gasteiger partial charge in [-0.1, -0.05) is 24.3 Å². The number of aromatic nitrogens is 2. The second-order valence-electron chi connectivity index (χ2n) is 5.56. The third-order valence-corrected chi connectivity index (χ3v) is 4.37. The molecule has 1 N–H and O–H groups in total. The van der Waals surface area contributed by atoms with Crippen molar-refractivity contribution in [3.05, 3.63) is 52.3 Å². The lowest BCUT2D eigenvalue weighted by Crippen LogP contribution is -2.19. The van der Waals surface area contributed by atoms with Gasteiger partial charge in [0.2, 0.25) is 0 Å². The molecule has 1 aromatic carbocycles. The SMILES string of the molecule is Cc1nn(C)c(C)c1C(O)CC1Cc2ccccc21. The van der Waals surface area contributed by atoms with E-state index < -0.39 is 6.10 Å². The topological polar surface area (TPSA) is 38.0 Å². The van der Waals surface area contributed by atoms with E-state index in [9.17, 15) is 5.11 Å². The zero-order chi connectivity index (χ0) is 13.6. The fourth-order valence-corrected chi connectivity index (χ4v) is 3.23. The maximum Gasteiger partial charge on any atom is 0.0831 e. The maximum atomic E-state index is 10.5. The normalized spacial score (nSPS) is 18.8. The van der Waals surface area contributed by atoms with Crippen LogP contribution in [0.3, 0.4) is 0 Å². The fourth-order valence-electron chi connectivity index (χ4n) is 3.23. The minimum absolute atomic E-state index is 0.410. The lowest BCUT2D eigenvalue weighted by Gasteiger charge is -2.31. The van der Waals surface area contributed by atoms with Gasteiger partial charge in [0, 0.05) is 18.3 Å². The zero-order valence-corrected chi connectivity index (χ0v) is 11.7. The van der Waals surface area contributed by atoms with Crippen molar-refractivity contribution in [1.29, 1.82) is 0 Å². The molecule has 0 saturated carbocycles. The summed E-state index contributed by atoms with van der Waals surface area (Å²) in [5.41, 5.74) is 5.85. The number of hydrogen-bond acceptors (Lipinski definition) is 2. The highest BCUT2D eigenvalue weighted by atomic mass is 16.3. The number of rotatable bonds is 3. The number of aliphatic hydroxyl groups excluding tert-OH is 1. The van der Waals surface area contributed by atoms with E-state index in [4.69, 9.17) is 0 Å². The third kappa shape index (κ3) is 1.98. The fraction of sp³-hybridized carbons (Fsp3) is 0.438. The van der Waals surface area contributed by atoms with Crippen molar-refractivity contribution < 1.29 is 5.11 Å². The summed E-state index contributed by atoms with van der Waals surface area (Å²) in [5.74, 6) is 0.491. The van der Waals surface area contributed by atoms with E-state index in [1.165, 1.54) is 11.1 Å². The van der Waals surface area contributed by atoms with Crippen LogP contribution in [0.4, 0.5) is 0 Å². The van der Waals surface area contributed by atoms with Gasteiger partial charge in [-0.25, -0.2) is 0 Å². The molecule has 3 rings (SSSR count). The Morgan fingerprint density at radius 1 is 1.37 bits per heavy atom. The summed E-state index contributed by atoms with van der Waals surface area (Å²) in [7, 11) is 1.93. The third-order valence-electron chi connectivity index (χ3n) is 4.37. The first-order chi connectivity index (χ1) is 9.08. The van der Waals surface area contributed by atoms with E-state index >= 15 is 0 Å². The average molecular weight is 256 g/mol. The highest BCUT2D eigenvalue weighted by molar-refractivity contribution is 5.40. The first-order valence-electron chi connectivity index (χ1n) is 6.84. The Hall–Kier alpha value is -1.61. The van der Waals surface area contributed by atoms with Crippen LogP contribution in [0.1, 0.15) is 46.5 Å². The van der Waals surface area contributed by atoms with Crippen LogP contribution in [0.15, 0.2) is 24.3 Å². The Labute approximate surface area is 113 Å². The first kappa shape index (κ1) is 12.4. The molecule has 19 heavy (non-hydrogen) atoms. The average Bonchev–Trinajstić information content (AvgIpc) is 2.60. The van der Waals surface area contributed by atoms with Crippen molar-refractivity contribution in [2.75, 3.05) is 0 Å². The zero-order valence-electron chi connectivity index (χ0n) is 11.7. The minimum atomic E-state index is -0.410. The van der Waals surface area contributed by atoms with Crippen LogP contribution in [0.25, 0.3) is 0 Å². The van der Waals surface area contributed by atoms with Crippen LogP contribution < -0.4 is 0 Å². The van der Waals surface area contributed by atoms with Gasteiger partial charge in [0.05, 0.1) is 11.8 Å². The Morgan fingerprint density at radius 2 is 2.11 bits per heavy atom. The molecule has 3 nitrogen and oxygen atoms in total. The van der Waals surface area contributed by atoms with Crippen molar-refractivity contribution in [3.63, 3.8) is 0 Å². The molecule has 0 radical (unpaired) electrons. The predicted octanol–water partition coefficient (Wildman–Crippen LogP) is 2.80. The number of benzene rings is 1. The van der Waals surface area contributed by atoms with E-state index in [0.29, 0.717) is 5.92 Å². The summed E-state index contributed by atoms with van der Waals surface area (Å²) < 4.78 is 1.85. The van der Waals surface area contributed by atoms with Crippen molar-refractivity contribution in [3.8, 4) is 0 Å². The molecule has 3 heteroatoms. The second-order valence-corrected chi connectivity index (χ2v) is 5.56. The number of hydrogen-bond donors (Lipinski definition) is 1. The van der Waals surface area contributed by atoms with Gasteiger partial charge in [-0.2, -0.15) is 5.10 Å². The summed E-state index contributed by atoms with van der Waals surface area (Å²) in [5, 5.41) is 14.9. The monoisotopic (exact) mass is 256 g/mol. The molecule has 2 aromatic rings. The van der Waals surface area contributed by atoms with Crippen LogP contribution >= 0.6 is 0 Å². The standard InChI is InChI=1S/C16H20N2O/c1-10-16(11(2)18(3)17-10)15(19)9-13-8-12-6-4-5-7-14(12)13/h4-7,13,15,19H,8-9H2,1-3H3. The summed E-state index contributed by atoms with van der Waals surface area (Å²) in [6, 6.07) is 8.52. The summed E-state index contributed by atoms with van der Waals surface area (Å²) in [6.07, 6.45) is 1.47. The van der Waals surface area contributed by atoms with Gasteiger partial charge in [-0.3, -0.25) is 4.68 Å². The molecule has 0 amide bonds. The van der Waals surface area contributed by atoms with Crippen LogP contribution in [0.5, 0.6) is 0 Å². The Balaban J connectivity index is 1.78. The van der Waals surface area contributed by atoms with E-state index in [-0.39, 0.29) is 0 Å². The summed E-state index contributed by atoms with van der Waals surface area (Å²) in [4.78, 5) is 0. The van der Waals surface area contributed by atoms with Gasteiger partial charge in [0.1, 0.15) is 0 Å². The number of aryl methyl sites for hydroxylation is 2. The first-order valence-corrected chi connectivity index (χ1v) is 6.84. The van der Waals surface area contributed by atoms with E-state index in [1.54, 1.807) is 0 Å². The smallest absolute Gasteiger partial charge is 0.0831 e. The molecular formula is C16H20N2O. The van der Waals surface area contributed by atoms with Crippen LogP contribution in [0, 0.1) is 13.8 Å². The lowest BCUT2D eigenvalue weighted by atomic mass is 9.74. The Kier molecular flexibility index (Phi) is 2.94. The molecule has 0 spiro atoms. The molecule has 2 atom stereocenters. The molecule has 1 aromatic heterocycles. The van der Waals surface area contributed by atoms with Crippen LogP contribution in [-0.2, 0) is 13.5 Å². The Morgan fingerprint density at radius 3 is 2.74 bits per heavy atom. The molecular weight excluding hydrogens is 236 g/mol. The predicted molar refractivity (Wildman–Crippen MR) is 75.1 cm³/mol. The van der Waals surface area contributed by atoms with Crippen molar-refractivity contribution in [1.82, 2.24) is 9.78 Å². The minimum Gasteiger partial charge on any atom is -0.388 e. The molecule has 100 valence electrons. The summed E-state index contributed by atoms with van der Waals surface area (Å²) in [6.45, 7) is 3.99. The lowest BCUT2D eigenvalue weighted by molar-refractivity contribution is 0.152. The summed E-state index contributed by atoms with van der Waals surface area (Å²) >= 11 is 0. The second kappa shape index (κ2) is 4.49. The molecule has 1 heterocycles. The van der Waals surface area contributed by atoms with Crippen LogP contribution in [0.2, 0.25) is 0 Å². The van der Waals surface area contributed by atoms with Crippen molar-refractivity contribution in [2.24, 2.45) is 7.05 Å². The largest absolute Gasteiger partial charge is 0.388 e. The maximum absolute atomic E-state index is 10.5. The molecule has 1 aliphatic carbocycles. The van der Waals surface area contributed by atoms with Crippen LogP contribution in [-0.4, -0.2) is 14.9 Å². The van der Waals surface area contributed by atoms with E-state index in [1.807, 2.05) is 25.6 Å². The van der Waals surface area contributed by atoms with Crippen molar-refractivity contribution >= 4 is 0 Å². The van der Waals surface area contributed by atoms with Gasteiger partial charge < -0.3 is 5.11 Å². The molecule has 0 aliphatic heterocycles. The van der Waals surface area contributed by atoms with Gasteiger partial charge in [-0.15, -0.1) is 0 Å². The van der Waals surface area contributed by atoms with Gasteiger partial charge in [0.15, 0.2) is 0 Å². The molecule has 2 unspecified atom stereocenters. The molecule has 0 fully saturated rings. The highest BCUT2D eigenvalue weighted by Gasteiger charge is 2.29. The number of fused-ring (bicyclic) bond motifs is 1. The van der Waals surface area contributed by atoms with Gasteiger partial charge in [-0.05, 0) is 43.7 Å². The van der Waals surface area contributed by atoms with E-state index in [2.05, 4.69) is 29.4 Å². The molecule has 1 aliphatic rings. The van der Waals surface area contributed by atoms with Gasteiger partial charge >= 0.3 is 0 Å².